The van der Waals surface area contributed by atoms with Crippen molar-refractivity contribution in [1.29, 1.82) is 0 Å². The van der Waals surface area contributed by atoms with Crippen LogP contribution < -0.4 is 0 Å². The van der Waals surface area contributed by atoms with Gasteiger partial charge < -0.3 is 9.64 Å². The molecule has 0 radical (unpaired) electrons. The Morgan fingerprint density at radius 2 is 1.89 bits per heavy atom. The molecule has 3 rings (SSSR count). The van der Waals surface area contributed by atoms with E-state index in [9.17, 15) is 31.1 Å². The molecule has 5 nitrogen and oxygen atoms in total. The lowest BCUT2D eigenvalue weighted by Gasteiger charge is -2.31. The van der Waals surface area contributed by atoms with Crippen LogP contribution in [-0.2, 0) is 17.1 Å². The molecule has 0 spiro atoms. The molecule has 1 aliphatic heterocycles. The fourth-order valence-corrected chi connectivity index (χ4v) is 2.96. The van der Waals surface area contributed by atoms with Gasteiger partial charge in [0.25, 0.3) is 5.91 Å². The van der Waals surface area contributed by atoms with Gasteiger partial charge in [0.1, 0.15) is 0 Å². The van der Waals surface area contributed by atoms with E-state index in [0.717, 1.165) is 24.4 Å². The van der Waals surface area contributed by atoms with Crippen LogP contribution in [0.4, 0.5) is 26.3 Å². The van der Waals surface area contributed by atoms with Gasteiger partial charge in [-0.3, -0.25) is 4.79 Å². The number of hydrogen-bond donors (Lipinski definition) is 0. The van der Waals surface area contributed by atoms with E-state index in [0.29, 0.717) is 10.7 Å². The minimum atomic E-state index is -5.01. The molecule has 152 valence electrons. The molecular formula is C17H15F6N3O2. The third-order valence-electron chi connectivity index (χ3n) is 4.21. The van der Waals surface area contributed by atoms with Crippen molar-refractivity contribution in [3.8, 4) is 5.69 Å². The first-order chi connectivity index (χ1) is 13.0. The van der Waals surface area contributed by atoms with E-state index in [2.05, 4.69) is 5.10 Å². The molecule has 1 fully saturated rings. The predicted molar refractivity (Wildman–Crippen MR) is 84.9 cm³/mol. The van der Waals surface area contributed by atoms with Gasteiger partial charge in [0.05, 0.1) is 35.7 Å². The summed E-state index contributed by atoms with van der Waals surface area (Å²) in [5.74, 6) is -0.902. The zero-order valence-corrected chi connectivity index (χ0v) is 14.5. The largest absolute Gasteiger partial charge is 0.434 e. The molecule has 0 unspecified atom stereocenters. The van der Waals surface area contributed by atoms with Crippen LogP contribution >= 0.6 is 0 Å². The summed E-state index contributed by atoms with van der Waals surface area (Å²) < 4.78 is 85.4. The molecule has 0 saturated carbocycles. The summed E-state index contributed by atoms with van der Waals surface area (Å²) in [6, 6.07) is 3.32. The molecule has 1 aromatic heterocycles. The lowest BCUT2D eigenvalue weighted by Crippen LogP contribution is -2.45. The number of morpholine rings is 1. The topological polar surface area (TPSA) is 47.4 Å². The SMILES string of the molecule is C[C@H]1CN(C(=O)c2cnn(-c3cccc(C(F)(F)F)c3)c2C(F)(F)F)CCO1. The summed E-state index contributed by atoms with van der Waals surface area (Å²) in [6.07, 6.45) is -9.35. The highest BCUT2D eigenvalue weighted by Gasteiger charge is 2.42. The number of halogens is 6. The fourth-order valence-electron chi connectivity index (χ4n) is 2.96. The Morgan fingerprint density at radius 1 is 1.18 bits per heavy atom. The molecule has 1 amide bonds. The van der Waals surface area contributed by atoms with E-state index < -0.39 is 40.8 Å². The predicted octanol–water partition coefficient (Wildman–Crippen LogP) is 3.77. The van der Waals surface area contributed by atoms with Gasteiger partial charge >= 0.3 is 12.4 Å². The first-order valence-corrected chi connectivity index (χ1v) is 8.22. The molecule has 0 aliphatic carbocycles. The van der Waals surface area contributed by atoms with Crippen LogP contribution in [0, 0.1) is 0 Å². The van der Waals surface area contributed by atoms with Crippen molar-refractivity contribution >= 4 is 5.91 Å². The maximum atomic E-state index is 13.7. The molecular weight excluding hydrogens is 392 g/mol. The van der Waals surface area contributed by atoms with Gasteiger partial charge in [0.2, 0.25) is 0 Å². The Balaban J connectivity index is 2.06. The van der Waals surface area contributed by atoms with Crippen LogP contribution in [0.3, 0.4) is 0 Å². The number of ether oxygens (including phenoxy) is 1. The Kier molecular flexibility index (Phi) is 5.13. The van der Waals surface area contributed by atoms with E-state index >= 15 is 0 Å². The van der Waals surface area contributed by atoms with E-state index in [4.69, 9.17) is 4.74 Å². The summed E-state index contributed by atoms with van der Waals surface area (Å²) in [5.41, 5.74) is -3.71. The number of hydrogen-bond acceptors (Lipinski definition) is 3. The minimum absolute atomic E-state index is 0.102. The molecule has 0 bridgehead atoms. The molecule has 28 heavy (non-hydrogen) atoms. The van der Waals surface area contributed by atoms with Crippen LogP contribution in [0.2, 0.25) is 0 Å². The Morgan fingerprint density at radius 3 is 2.50 bits per heavy atom. The average molecular weight is 407 g/mol. The fraction of sp³-hybridized carbons (Fsp3) is 0.412. The first-order valence-electron chi connectivity index (χ1n) is 8.22. The smallest absolute Gasteiger partial charge is 0.375 e. The third-order valence-corrected chi connectivity index (χ3v) is 4.21. The third kappa shape index (κ3) is 3.98. The highest BCUT2D eigenvalue weighted by molar-refractivity contribution is 5.95. The molecule has 2 aromatic rings. The van der Waals surface area contributed by atoms with Crippen molar-refractivity contribution < 1.29 is 35.9 Å². The molecule has 1 atom stereocenters. The Hall–Kier alpha value is -2.56. The quantitative estimate of drug-likeness (QED) is 0.713. The second-order valence-corrected chi connectivity index (χ2v) is 6.30. The van der Waals surface area contributed by atoms with Gasteiger partial charge in [-0.15, -0.1) is 0 Å². The van der Waals surface area contributed by atoms with Crippen molar-refractivity contribution in [3.05, 3.63) is 47.3 Å². The normalized spacial score (nSPS) is 18.4. The van der Waals surface area contributed by atoms with E-state index in [1.54, 1.807) is 6.92 Å². The molecule has 1 aromatic carbocycles. The van der Waals surface area contributed by atoms with Crippen molar-refractivity contribution in [2.45, 2.75) is 25.4 Å². The van der Waals surface area contributed by atoms with Crippen molar-refractivity contribution in [3.63, 3.8) is 0 Å². The monoisotopic (exact) mass is 407 g/mol. The van der Waals surface area contributed by atoms with Crippen LogP contribution in [0.25, 0.3) is 5.69 Å². The zero-order chi connectivity index (χ0) is 20.7. The van der Waals surface area contributed by atoms with Crippen LogP contribution in [0.1, 0.15) is 28.5 Å². The van der Waals surface area contributed by atoms with Crippen LogP contribution in [0.15, 0.2) is 30.5 Å². The number of nitrogens with zero attached hydrogens (tertiary/aromatic N) is 3. The van der Waals surface area contributed by atoms with Crippen LogP contribution in [0.5, 0.6) is 0 Å². The Labute approximate surface area is 155 Å². The zero-order valence-electron chi connectivity index (χ0n) is 14.5. The van der Waals surface area contributed by atoms with Gasteiger partial charge in [-0.25, -0.2) is 4.68 Å². The number of carbonyl (C=O) groups excluding carboxylic acids is 1. The lowest BCUT2D eigenvalue weighted by atomic mass is 10.1. The number of rotatable bonds is 2. The van der Waals surface area contributed by atoms with E-state index in [1.165, 1.54) is 4.90 Å². The number of amides is 1. The highest BCUT2D eigenvalue weighted by Crippen LogP contribution is 2.36. The van der Waals surface area contributed by atoms with Gasteiger partial charge in [-0.1, -0.05) is 6.07 Å². The van der Waals surface area contributed by atoms with E-state index in [-0.39, 0.29) is 25.8 Å². The number of aromatic nitrogens is 2. The van der Waals surface area contributed by atoms with Gasteiger partial charge in [0.15, 0.2) is 5.69 Å². The number of carbonyl (C=O) groups is 1. The highest BCUT2D eigenvalue weighted by atomic mass is 19.4. The second kappa shape index (κ2) is 7.12. The summed E-state index contributed by atoms with van der Waals surface area (Å²) >= 11 is 0. The first kappa shape index (κ1) is 20.2. The summed E-state index contributed by atoms with van der Waals surface area (Å²) in [7, 11) is 0. The average Bonchev–Trinajstić information content (AvgIpc) is 3.06. The minimum Gasteiger partial charge on any atom is -0.375 e. The van der Waals surface area contributed by atoms with Gasteiger partial charge in [-0.2, -0.15) is 31.4 Å². The maximum Gasteiger partial charge on any atom is 0.434 e. The Bertz CT molecular complexity index is 875. The molecule has 11 heteroatoms. The molecule has 2 heterocycles. The molecule has 0 N–H and O–H groups in total. The lowest BCUT2D eigenvalue weighted by molar-refractivity contribution is -0.143. The number of alkyl halides is 6. The summed E-state index contributed by atoms with van der Waals surface area (Å²) in [6.45, 7) is 2.06. The molecule has 1 aliphatic rings. The second-order valence-electron chi connectivity index (χ2n) is 6.30. The van der Waals surface area contributed by atoms with Crippen LogP contribution in [-0.4, -0.2) is 46.4 Å². The van der Waals surface area contributed by atoms with Gasteiger partial charge in [-0.05, 0) is 25.1 Å². The van der Waals surface area contributed by atoms with Gasteiger partial charge in [0, 0.05) is 13.1 Å². The van der Waals surface area contributed by atoms with Crippen molar-refractivity contribution in [2.75, 3.05) is 19.7 Å². The van der Waals surface area contributed by atoms with Crippen molar-refractivity contribution in [2.24, 2.45) is 0 Å². The van der Waals surface area contributed by atoms with E-state index in [1.807, 2.05) is 0 Å². The standard InChI is InChI=1S/C17H15F6N3O2/c1-10-9-25(5-6-28-10)15(27)13-8-24-26(14(13)17(21,22)23)12-4-2-3-11(7-12)16(18,19)20/h2-4,7-8,10H,5-6,9H2,1H3/t10-/m0/s1. The van der Waals surface area contributed by atoms with Crippen molar-refractivity contribution in [1.82, 2.24) is 14.7 Å². The number of benzene rings is 1. The summed E-state index contributed by atoms with van der Waals surface area (Å²) in [5, 5.41) is 3.56. The maximum absolute atomic E-state index is 13.7. The molecule has 1 saturated heterocycles. The summed E-state index contributed by atoms with van der Waals surface area (Å²) in [4.78, 5) is 13.8.